The average Bonchev–Trinajstić information content (AvgIpc) is 2.42. The highest BCUT2D eigenvalue weighted by atomic mass is 16.4. The quantitative estimate of drug-likeness (QED) is 0.746. The summed E-state index contributed by atoms with van der Waals surface area (Å²) in [4.78, 5) is 34.3. The molecule has 0 aromatic heterocycles. The monoisotopic (exact) mass is 292 g/mol. The molecule has 1 rings (SSSR count). The molecule has 1 aromatic rings. The lowest BCUT2D eigenvalue weighted by Gasteiger charge is -2.20. The normalized spacial score (nSPS) is 13.1. The lowest BCUT2D eigenvalue weighted by molar-refractivity contribution is -0.140. The van der Waals surface area contributed by atoms with Crippen LogP contribution in [0.4, 0.5) is 5.69 Å². The van der Waals surface area contributed by atoms with Gasteiger partial charge in [0, 0.05) is 18.2 Å². The Hall–Kier alpha value is -2.37. The molecule has 1 aromatic carbocycles. The highest BCUT2D eigenvalue weighted by Gasteiger charge is 2.25. The van der Waals surface area contributed by atoms with E-state index < -0.39 is 17.9 Å². The summed E-state index contributed by atoms with van der Waals surface area (Å²) in [6.07, 6.45) is 0.642. The first-order valence-electron chi connectivity index (χ1n) is 6.76. The fourth-order valence-corrected chi connectivity index (χ4v) is 1.85. The Bertz CT molecular complexity index is 542. The zero-order valence-corrected chi connectivity index (χ0v) is 12.3. The first kappa shape index (κ1) is 16.7. The smallest absolute Gasteiger partial charge is 0.326 e. The third-order valence-corrected chi connectivity index (χ3v) is 3.21. The van der Waals surface area contributed by atoms with Crippen molar-refractivity contribution in [2.45, 2.75) is 33.2 Å². The summed E-state index contributed by atoms with van der Waals surface area (Å²) < 4.78 is 0. The van der Waals surface area contributed by atoms with E-state index in [1.54, 1.807) is 25.1 Å². The molecule has 0 spiro atoms. The van der Waals surface area contributed by atoms with E-state index in [0.717, 1.165) is 0 Å². The number of hydrogen-bond acceptors (Lipinski definition) is 3. The number of hydrogen-bond donors (Lipinski definition) is 3. The highest BCUT2D eigenvalue weighted by Crippen LogP contribution is 2.13. The van der Waals surface area contributed by atoms with Crippen molar-refractivity contribution >= 4 is 23.5 Å². The van der Waals surface area contributed by atoms with Gasteiger partial charge in [-0.2, -0.15) is 0 Å². The zero-order chi connectivity index (χ0) is 16.0. The Kier molecular flexibility index (Phi) is 5.90. The predicted octanol–water partition coefficient (Wildman–Crippen LogP) is 1.87. The van der Waals surface area contributed by atoms with Crippen molar-refractivity contribution in [2.24, 2.45) is 5.92 Å². The maximum absolute atomic E-state index is 12.1. The number of carbonyl (C=O) groups is 3. The van der Waals surface area contributed by atoms with E-state index in [0.29, 0.717) is 17.7 Å². The zero-order valence-electron chi connectivity index (χ0n) is 12.3. The first-order chi connectivity index (χ1) is 9.85. The maximum atomic E-state index is 12.1. The van der Waals surface area contributed by atoms with Gasteiger partial charge in [-0.3, -0.25) is 9.59 Å². The van der Waals surface area contributed by atoms with Crippen molar-refractivity contribution in [3.63, 3.8) is 0 Å². The van der Waals surface area contributed by atoms with Crippen molar-refractivity contribution in [3.05, 3.63) is 29.8 Å². The van der Waals surface area contributed by atoms with Crippen LogP contribution in [0.2, 0.25) is 0 Å². The van der Waals surface area contributed by atoms with E-state index in [1.807, 2.05) is 6.92 Å². The lowest BCUT2D eigenvalue weighted by atomic mass is 9.99. The molecule has 0 saturated heterocycles. The van der Waals surface area contributed by atoms with Crippen LogP contribution in [0, 0.1) is 5.92 Å². The number of benzene rings is 1. The number of carboxylic acids is 1. The van der Waals surface area contributed by atoms with E-state index in [1.165, 1.54) is 13.0 Å². The van der Waals surface area contributed by atoms with E-state index >= 15 is 0 Å². The van der Waals surface area contributed by atoms with Crippen molar-refractivity contribution < 1.29 is 19.5 Å². The van der Waals surface area contributed by atoms with Crippen LogP contribution in [-0.4, -0.2) is 28.9 Å². The van der Waals surface area contributed by atoms with Gasteiger partial charge in [0.1, 0.15) is 6.04 Å². The Morgan fingerprint density at radius 2 is 1.95 bits per heavy atom. The van der Waals surface area contributed by atoms with E-state index in [2.05, 4.69) is 10.6 Å². The van der Waals surface area contributed by atoms with Crippen molar-refractivity contribution in [2.75, 3.05) is 5.32 Å². The number of nitrogens with one attached hydrogen (secondary N) is 2. The van der Waals surface area contributed by atoms with Gasteiger partial charge in [0.2, 0.25) is 5.91 Å². The van der Waals surface area contributed by atoms with Crippen LogP contribution in [0.15, 0.2) is 24.3 Å². The number of amides is 2. The molecule has 0 unspecified atom stereocenters. The number of anilines is 1. The standard InChI is InChI=1S/C15H20N2O4/c1-4-9(2)13(15(20)21)17-14(19)11-6-5-7-12(8-11)16-10(3)18/h5-9,13H,4H2,1-3H3,(H,16,18)(H,17,19)(H,20,21)/t9-,13-/m1/s1. The largest absolute Gasteiger partial charge is 0.480 e. The maximum Gasteiger partial charge on any atom is 0.326 e. The summed E-state index contributed by atoms with van der Waals surface area (Å²) in [6, 6.07) is 5.41. The van der Waals surface area contributed by atoms with E-state index in [9.17, 15) is 19.5 Å². The summed E-state index contributed by atoms with van der Waals surface area (Å²) >= 11 is 0. The van der Waals surface area contributed by atoms with Gasteiger partial charge >= 0.3 is 5.97 Å². The molecular weight excluding hydrogens is 272 g/mol. The third kappa shape index (κ3) is 4.91. The van der Waals surface area contributed by atoms with Gasteiger partial charge in [-0.25, -0.2) is 4.79 Å². The van der Waals surface area contributed by atoms with Crippen LogP contribution in [0.1, 0.15) is 37.6 Å². The average molecular weight is 292 g/mol. The molecule has 3 N–H and O–H groups in total. The molecular formula is C15H20N2O4. The van der Waals surface area contributed by atoms with E-state index in [-0.39, 0.29) is 11.8 Å². The molecule has 0 aliphatic rings. The molecule has 0 saturated carbocycles. The van der Waals surface area contributed by atoms with E-state index in [4.69, 9.17) is 0 Å². The Labute approximate surface area is 123 Å². The van der Waals surface area contributed by atoms with Gasteiger partial charge in [0.15, 0.2) is 0 Å². The number of rotatable bonds is 6. The third-order valence-electron chi connectivity index (χ3n) is 3.21. The molecule has 21 heavy (non-hydrogen) atoms. The second kappa shape index (κ2) is 7.42. The van der Waals surface area contributed by atoms with Crippen LogP contribution in [0.25, 0.3) is 0 Å². The number of aliphatic carboxylic acids is 1. The van der Waals surface area contributed by atoms with Crippen molar-refractivity contribution in [1.29, 1.82) is 0 Å². The highest BCUT2D eigenvalue weighted by molar-refractivity contribution is 5.98. The van der Waals surface area contributed by atoms with Crippen LogP contribution in [0.3, 0.4) is 0 Å². The summed E-state index contributed by atoms with van der Waals surface area (Å²) in [5, 5.41) is 14.3. The molecule has 0 aliphatic carbocycles. The molecule has 2 amide bonds. The van der Waals surface area contributed by atoms with Gasteiger partial charge < -0.3 is 15.7 Å². The minimum absolute atomic E-state index is 0.176. The summed E-state index contributed by atoms with van der Waals surface area (Å²) in [6.45, 7) is 5.01. The minimum atomic E-state index is -1.06. The second-order valence-corrected chi connectivity index (χ2v) is 4.94. The van der Waals surface area contributed by atoms with Crippen LogP contribution < -0.4 is 10.6 Å². The second-order valence-electron chi connectivity index (χ2n) is 4.94. The van der Waals surface area contributed by atoms with Gasteiger partial charge in [-0.1, -0.05) is 26.3 Å². The Morgan fingerprint density at radius 1 is 1.29 bits per heavy atom. The molecule has 2 atom stereocenters. The molecule has 0 heterocycles. The van der Waals surface area contributed by atoms with Crippen LogP contribution in [-0.2, 0) is 9.59 Å². The minimum Gasteiger partial charge on any atom is -0.480 e. The molecule has 114 valence electrons. The van der Waals surface area contributed by atoms with Crippen molar-refractivity contribution in [1.82, 2.24) is 5.32 Å². The van der Waals surface area contributed by atoms with Gasteiger partial charge in [0.25, 0.3) is 5.91 Å². The molecule has 0 radical (unpaired) electrons. The molecule has 0 aliphatic heterocycles. The Balaban J connectivity index is 2.87. The van der Waals surface area contributed by atoms with Gasteiger partial charge in [-0.15, -0.1) is 0 Å². The molecule has 0 fully saturated rings. The summed E-state index contributed by atoms with van der Waals surface area (Å²) in [5.74, 6) is -1.95. The molecule has 0 bridgehead atoms. The molecule has 6 heteroatoms. The van der Waals surface area contributed by atoms with Gasteiger partial charge in [-0.05, 0) is 24.1 Å². The Morgan fingerprint density at radius 3 is 2.48 bits per heavy atom. The SMILES string of the molecule is CC[C@@H](C)[C@@H](NC(=O)c1cccc(NC(C)=O)c1)C(=O)O. The fraction of sp³-hybridized carbons (Fsp3) is 0.400. The predicted molar refractivity (Wildman–Crippen MR) is 79.1 cm³/mol. The first-order valence-corrected chi connectivity index (χ1v) is 6.76. The summed E-state index contributed by atoms with van der Waals surface area (Å²) in [5.41, 5.74) is 0.793. The number of carboxylic acid groups (broad SMARTS) is 1. The molecule has 6 nitrogen and oxygen atoms in total. The van der Waals surface area contributed by atoms with Gasteiger partial charge in [0.05, 0.1) is 0 Å². The number of carbonyl (C=O) groups excluding carboxylic acids is 2. The lowest BCUT2D eigenvalue weighted by Crippen LogP contribution is -2.45. The van der Waals surface area contributed by atoms with Crippen LogP contribution in [0.5, 0.6) is 0 Å². The topological polar surface area (TPSA) is 95.5 Å². The van der Waals surface area contributed by atoms with Crippen LogP contribution >= 0.6 is 0 Å². The summed E-state index contributed by atoms with van der Waals surface area (Å²) in [7, 11) is 0. The van der Waals surface area contributed by atoms with Crippen molar-refractivity contribution in [3.8, 4) is 0 Å². The fourth-order valence-electron chi connectivity index (χ4n) is 1.85.